The van der Waals surface area contributed by atoms with Crippen molar-refractivity contribution in [1.82, 2.24) is 15.1 Å². The Balaban J connectivity index is 2.12. The minimum atomic E-state index is 0.282. The maximum absolute atomic E-state index is 11.8. The van der Waals surface area contributed by atoms with Crippen LogP contribution in [0.25, 0.3) is 0 Å². The highest BCUT2D eigenvalue weighted by atomic mass is 16.2. The van der Waals surface area contributed by atoms with Crippen LogP contribution in [0.1, 0.15) is 26.7 Å². The number of amides is 1. The highest BCUT2D eigenvalue weighted by molar-refractivity contribution is 5.78. The van der Waals surface area contributed by atoms with Gasteiger partial charge in [-0.3, -0.25) is 9.69 Å². The van der Waals surface area contributed by atoms with Gasteiger partial charge in [-0.05, 0) is 19.9 Å². The zero-order valence-electron chi connectivity index (χ0n) is 10.8. The van der Waals surface area contributed by atoms with Gasteiger partial charge in [0.1, 0.15) is 0 Å². The molecule has 1 heterocycles. The average Bonchev–Trinajstić information content (AvgIpc) is 2.69. The van der Waals surface area contributed by atoms with E-state index in [1.165, 1.54) is 12.8 Å². The lowest BCUT2D eigenvalue weighted by Gasteiger charge is -2.21. The Hall–Kier alpha value is -0.610. The third-order valence-electron chi connectivity index (χ3n) is 2.91. The molecule has 1 rings (SSSR count). The van der Waals surface area contributed by atoms with E-state index in [-0.39, 0.29) is 5.91 Å². The number of hydrogen-bond acceptors (Lipinski definition) is 3. The molecule has 0 radical (unpaired) electrons. The van der Waals surface area contributed by atoms with E-state index in [1.807, 2.05) is 11.9 Å². The molecule has 0 atom stereocenters. The Morgan fingerprint density at radius 2 is 2.00 bits per heavy atom. The number of likely N-dealkylation sites (tertiary alicyclic amines) is 1. The van der Waals surface area contributed by atoms with E-state index >= 15 is 0 Å². The van der Waals surface area contributed by atoms with Crippen LogP contribution in [0.5, 0.6) is 0 Å². The summed E-state index contributed by atoms with van der Waals surface area (Å²) in [7, 11) is 2.01. The van der Waals surface area contributed by atoms with Gasteiger partial charge in [-0.25, -0.2) is 0 Å². The Kier molecular flexibility index (Phi) is 5.77. The third-order valence-corrected chi connectivity index (χ3v) is 2.91. The van der Waals surface area contributed by atoms with Gasteiger partial charge in [0.2, 0.25) is 5.91 Å². The molecule has 0 aliphatic carbocycles. The Morgan fingerprint density at radius 1 is 1.38 bits per heavy atom. The maximum atomic E-state index is 11.8. The Labute approximate surface area is 99.0 Å². The van der Waals surface area contributed by atoms with E-state index in [2.05, 4.69) is 24.1 Å². The molecule has 1 aliphatic rings. The molecule has 16 heavy (non-hydrogen) atoms. The van der Waals surface area contributed by atoms with E-state index in [9.17, 15) is 4.79 Å². The molecule has 4 nitrogen and oxygen atoms in total. The largest absolute Gasteiger partial charge is 0.342 e. The predicted octanol–water partition coefficient (Wildman–Crippen LogP) is 0.539. The van der Waals surface area contributed by atoms with Crippen LogP contribution >= 0.6 is 0 Å². The minimum absolute atomic E-state index is 0.282. The van der Waals surface area contributed by atoms with E-state index in [0.717, 1.165) is 26.2 Å². The molecule has 0 bridgehead atoms. The molecule has 0 aromatic carbocycles. The molecule has 1 fully saturated rings. The van der Waals surface area contributed by atoms with Gasteiger partial charge >= 0.3 is 0 Å². The van der Waals surface area contributed by atoms with Crippen LogP contribution in [0.4, 0.5) is 0 Å². The molecule has 0 unspecified atom stereocenters. The number of carbonyl (C=O) groups excluding carboxylic acids is 1. The smallest absolute Gasteiger partial charge is 0.236 e. The SMILES string of the molecule is CC(C)NCCN(C)CC(=O)N1CCCC1. The number of carbonyl (C=O) groups is 1. The molecule has 94 valence electrons. The molecule has 0 aromatic rings. The lowest BCUT2D eigenvalue weighted by atomic mass is 10.4. The lowest BCUT2D eigenvalue weighted by molar-refractivity contribution is -0.131. The summed E-state index contributed by atoms with van der Waals surface area (Å²) in [6.45, 7) is 8.61. The Morgan fingerprint density at radius 3 is 2.56 bits per heavy atom. The van der Waals surface area contributed by atoms with Gasteiger partial charge < -0.3 is 10.2 Å². The second-order valence-corrected chi connectivity index (χ2v) is 4.93. The van der Waals surface area contributed by atoms with Gasteiger partial charge in [0, 0.05) is 32.2 Å². The highest BCUT2D eigenvalue weighted by Gasteiger charge is 2.18. The Bertz CT molecular complexity index is 212. The molecule has 0 spiro atoms. The topological polar surface area (TPSA) is 35.6 Å². The third kappa shape index (κ3) is 4.94. The molecule has 1 amide bonds. The van der Waals surface area contributed by atoms with Crippen molar-refractivity contribution in [2.75, 3.05) is 39.8 Å². The van der Waals surface area contributed by atoms with E-state index in [1.54, 1.807) is 0 Å². The first kappa shape index (κ1) is 13.5. The van der Waals surface area contributed by atoms with Crippen LogP contribution in [-0.4, -0.2) is 61.5 Å². The van der Waals surface area contributed by atoms with Crippen LogP contribution < -0.4 is 5.32 Å². The zero-order valence-corrected chi connectivity index (χ0v) is 10.8. The summed E-state index contributed by atoms with van der Waals surface area (Å²) in [4.78, 5) is 15.9. The van der Waals surface area contributed by atoms with Crippen LogP contribution in [0.15, 0.2) is 0 Å². The fourth-order valence-corrected chi connectivity index (χ4v) is 1.92. The average molecular weight is 227 g/mol. The highest BCUT2D eigenvalue weighted by Crippen LogP contribution is 2.07. The molecule has 1 aliphatic heterocycles. The maximum Gasteiger partial charge on any atom is 0.236 e. The van der Waals surface area contributed by atoms with E-state index in [0.29, 0.717) is 12.6 Å². The summed E-state index contributed by atoms with van der Waals surface area (Å²) < 4.78 is 0. The summed E-state index contributed by atoms with van der Waals surface area (Å²) >= 11 is 0. The number of hydrogen-bond donors (Lipinski definition) is 1. The normalized spacial score (nSPS) is 16.4. The number of nitrogens with one attached hydrogen (secondary N) is 1. The standard InChI is InChI=1S/C12H25N3O/c1-11(2)13-6-9-14(3)10-12(16)15-7-4-5-8-15/h11,13H,4-10H2,1-3H3. The summed E-state index contributed by atoms with van der Waals surface area (Å²) in [6.07, 6.45) is 2.34. The van der Waals surface area contributed by atoms with Crippen molar-refractivity contribution in [1.29, 1.82) is 0 Å². The molecule has 0 aromatic heterocycles. The van der Waals surface area contributed by atoms with Gasteiger partial charge in [-0.15, -0.1) is 0 Å². The van der Waals surface area contributed by atoms with E-state index in [4.69, 9.17) is 0 Å². The van der Waals surface area contributed by atoms with Crippen molar-refractivity contribution in [3.05, 3.63) is 0 Å². The fraction of sp³-hybridized carbons (Fsp3) is 0.917. The van der Waals surface area contributed by atoms with Crippen LogP contribution in [-0.2, 0) is 4.79 Å². The van der Waals surface area contributed by atoms with Crippen molar-refractivity contribution in [2.24, 2.45) is 0 Å². The minimum Gasteiger partial charge on any atom is -0.342 e. The van der Waals surface area contributed by atoms with Gasteiger partial charge in [-0.2, -0.15) is 0 Å². The fourth-order valence-electron chi connectivity index (χ4n) is 1.92. The molecular formula is C12H25N3O. The van der Waals surface area contributed by atoms with Crippen molar-refractivity contribution in [2.45, 2.75) is 32.7 Å². The van der Waals surface area contributed by atoms with Crippen molar-refractivity contribution in [3.8, 4) is 0 Å². The van der Waals surface area contributed by atoms with E-state index < -0.39 is 0 Å². The first-order valence-corrected chi connectivity index (χ1v) is 6.29. The van der Waals surface area contributed by atoms with Crippen LogP contribution in [0.2, 0.25) is 0 Å². The number of likely N-dealkylation sites (N-methyl/N-ethyl adjacent to an activating group) is 1. The van der Waals surface area contributed by atoms with Gasteiger partial charge in [0.15, 0.2) is 0 Å². The second kappa shape index (κ2) is 6.86. The van der Waals surface area contributed by atoms with Crippen LogP contribution in [0, 0.1) is 0 Å². The molecule has 1 N–H and O–H groups in total. The summed E-state index contributed by atoms with van der Waals surface area (Å²) in [5.74, 6) is 0.282. The first-order chi connectivity index (χ1) is 7.59. The van der Waals surface area contributed by atoms with Crippen LogP contribution in [0.3, 0.4) is 0 Å². The van der Waals surface area contributed by atoms with Crippen molar-refractivity contribution >= 4 is 5.91 Å². The van der Waals surface area contributed by atoms with Crippen molar-refractivity contribution < 1.29 is 4.79 Å². The lowest BCUT2D eigenvalue weighted by Crippen LogP contribution is -2.40. The molecule has 4 heteroatoms. The number of rotatable bonds is 6. The number of nitrogens with zero attached hydrogens (tertiary/aromatic N) is 2. The van der Waals surface area contributed by atoms with Crippen molar-refractivity contribution in [3.63, 3.8) is 0 Å². The predicted molar refractivity (Wildman–Crippen MR) is 66.4 cm³/mol. The monoisotopic (exact) mass is 227 g/mol. The summed E-state index contributed by atoms with van der Waals surface area (Å²) in [5.41, 5.74) is 0. The molecule has 1 saturated heterocycles. The van der Waals surface area contributed by atoms with Gasteiger partial charge in [0.25, 0.3) is 0 Å². The summed E-state index contributed by atoms with van der Waals surface area (Å²) in [5, 5.41) is 3.35. The van der Waals surface area contributed by atoms with Gasteiger partial charge in [0.05, 0.1) is 6.54 Å². The zero-order chi connectivity index (χ0) is 12.0. The van der Waals surface area contributed by atoms with Gasteiger partial charge in [-0.1, -0.05) is 13.8 Å². The quantitative estimate of drug-likeness (QED) is 0.719. The summed E-state index contributed by atoms with van der Waals surface area (Å²) in [6, 6.07) is 0.516. The molecule has 0 saturated carbocycles. The second-order valence-electron chi connectivity index (χ2n) is 4.93. The first-order valence-electron chi connectivity index (χ1n) is 6.29. The molecular weight excluding hydrogens is 202 g/mol.